The molecule has 0 unspecified atom stereocenters. The molecule has 13 heavy (non-hydrogen) atoms. The molecular weight excluding hydrogens is 194 g/mol. The van der Waals surface area contributed by atoms with Crippen molar-refractivity contribution in [2.24, 2.45) is 11.5 Å². The van der Waals surface area contributed by atoms with Gasteiger partial charge in [0.15, 0.2) is 0 Å². The van der Waals surface area contributed by atoms with Crippen LogP contribution in [0.15, 0.2) is 0 Å². The molecule has 0 rings (SSSR count). The summed E-state index contributed by atoms with van der Waals surface area (Å²) in [5.74, 6) is 0. The molecule has 0 aromatic heterocycles. The standard InChI is InChI=1S/C6H17N3O3S/c7-3-1-5-9(6-2-4-8)13(10,11)12/h1-8H2,(H,10,11,12). The number of hydrogen-bond donors (Lipinski definition) is 3. The Morgan fingerprint density at radius 2 is 1.46 bits per heavy atom. The Hall–Kier alpha value is -0.210. The van der Waals surface area contributed by atoms with Gasteiger partial charge in [-0.05, 0) is 25.9 Å². The molecule has 0 aromatic carbocycles. The summed E-state index contributed by atoms with van der Waals surface area (Å²) in [6.45, 7) is 1.29. The smallest absolute Gasteiger partial charge is 0.330 e. The molecule has 0 heterocycles. The van der Waals surface area contributed by atoms with Crippen LogP contribution >= 0.6 is 0 Å². The summed E-state index contributed by atoms with van der Waals surface area (Å²) in [5.41, 5.74) is 10.4. The fourth-order valence-corrected chi connectivity index (χ4v) is 1.60. The summed E-state index contributed by atoms with van der Waals surface area (Å²) in [7, 11) is -4.09. The second-order valence-corrected chi connectivity index (χ2v) is 4.07. The monoisotopic (exact) mass is 211 g/mol. The molecule has 0 radical (unpaired) electrons. The largest absolute Gasteiger partial charge is 0.335 e. The first kappa shape index (κ1) is 12.8. The predicted molar refractivity (Wildman–Crippen MR) is 50.5 cm³/mol. The van der Waals surface area contributed by atoms with Gasteiger partial charge in [0, 0.05) is 13.1 Å². The van der Waals surface area contributed by atoms with Gasteiger partial charge in [-0.2, -0.15) is 12.7 Å². The molecule has 0 saturated carbocycles. The van der Waals surface area contributed by atoms with E-state index in [4.69, 9.17) is 16.0 Å². The first-order valence-corrected chi connectivity index (χ1v) is 5.54. The van der Waals surface area contributed by atoms with Crippen molar-refractivity contribution < 1.29 is 13.0 Å². The van der Waals surface area contributed by atoms with Gasteiger partial charge in [-0.15, -0.1) is 0 Å². The summed E-state index contributed by atoms with van der Waals surface area (Å²) in [4.78, 5) is 0. The fourth-order valence-electron chi connectivity index (χ4n) is 0.878. The minimum atomic E-state index is -4.09. The zero-order valence-electron chi connectivity index (χ0n) is 7.52. The molecule has 6 nitrogen and oxygen atoms in total. The fraction of sp³-hybridized carbons (Fsp3) is 1.00. The van der Waals surface area contributed by atoms with Crippen molar-refractivity contribution in [3.8, 4) is 0 Å². The van der Waals surface area contributed by atoms with Gasteiger partial charge < -0.3 is 11.5 Å². The van der Waals surface area contributed by atoms with Crippen LogP contribution in [0.4, 0.5) is 0 Å². The molecule has 0 amide bonds. The highest BCUT2D eigenvalue weighted by Gasteiger charge is 2.16. The van der Waals surface area contributed by atoms with Crippen LogP contribution in [-0.2, 0) is 10.3 Å². The van der Waals surface area contributed by atoms with Crippen LogP contribution < -0.4 is 11.5 Å². The van der Waals surface area contributed by atoms with Crippen LogP contribution in [0.1, 0.15) is 12.8 Å². The molecule has 80 valence electrons. The van der Waals surface area contributed by atoms with Gasteiger partial charge in [0.25, 0.3) is 0 Å². The molecule has 0 aliphatic heterocycles. The van der Waals surface area contributed by atoms with E-state index in [1.54, 1.807) is 0 Å². The second kappa shape index (κ2) is 6.28. The average Bonchev–Trinajstić information content (AvgIpc) is 2.02. The molecule has 0 aromatic rings. The van der Waals surface area contributed by atoms with Crippen LogP contribution in [0, 0.1) is 0 Å². The van der Waals surface area contributed by atoms with Gasteiger partial charge in [-0.25, -0.2) is 0 Å². The highest BCUT2D eigenvalue weighted by Crippen LogP contribution is 1.99. The lowest BCUT2D eigenvalue weighted by Gasteiger charge is -2.17. The van der Waals surface area contributed by atoms with Crippen molar-refractivity contribution >= 4 is 10.3 Å². The maximum absolute atomic E-state index is 10.7. The van der Waals surface area contributed by atoms with Crippen LogP contribution in [0.5, 0.6) is 0 Å². The van der Waals surface area contributed by atoms with Crippen molar-refractivity contribution in [3.05, 3.63) is 0 Å². The molecule has 0 aliphatic rings. The number of hydrogen-bond acceptors (Lipinski definition) is 4. The third kappa shape index (κ3) is 5.94. The molecule has 0 saturated heterocycles. The Bertz CT molecular complexity index is 209. The van der Waals surface area contributed by atoms with E-state index in [0.29, 0.717) is 25.9 Å². The first-order chi connectivity index (χ1) is 6.02. The van der Waals surface area contributed by atoms with E-state index < -0.39 is 10.3 Å². The molecule has 0 fully saturated rings. The second-order valence-electron chi connectivity index (χ2n) is 2.66. The molecule has 0 spiro atoms. The Kier molecular flexibility index (Phi) is 6.17. The highest BCUT2D eigenvalue weighted by molar-refractivity contribution is 7.83. The Labute approximate surface area is 78.8 Å². The van der Waals surface area contributed by atoms with E-state index in [9.17, 15) is 8.42 Å². The number of rotatable bonds is 7. The molecule has 7 heteroatoms. The van der Waals surface area contributed by atoms with E-state index in [0.717, 1.165) is 4.31 Å². The third-order valence-corrected chi connectivity index (χ3v) is 2.57. The number of nitrogens with zero attached hydrogens (tertiary/aromatic N) is 1. The summed E-state index contributed by atoms with van der Waals surface area (Å²) in [6, 6.07) is 0. The minimum Gasteiger partial charge on any atom is -0.330 e. The minimum absolute atomic E-state index is 0.245. The van der Waals surface area contributed by atoms with Crippen molar-refractivity contribution in [1.29, 1.82) is 0 Å². The van der Waals surface area contributed by atoms with Crippen molar-refractivity contribution in [2.45, 2.75) is 12.8 Å². The molecule has 5 N–H and O–H groups in total. The summed E-state index contributed by atoms with van der Waals surface area (Å²) in [5, 5.41) is 0. The van der Waals surface area contributed by atoms with Crippen molar-refractivity contribution in [1.82, 2.24) is 4.31 Å². The molecule has 0 aliphatic carbocycles. The van der Waals surface area contributed by atoms with Gasteiger partial charge in [-0.3, -0.25) is 4.55 Å². The van der Waals surface area contributed by atoms with E-state index in [1.807, 2.05) is 0 Å². The van der Waals surface area contributed by atoms with E-state index in [-0.39, 0.29) is 13.1 Å². The summed E-state index contributed by atoms with van der Waals surface area (Å²) in [6.07, 6.45) is 1.06. The lowest BCUT2D eigenvalue weighted by molar-refractivity contribution is 0.346. The average molecular weight is 211 g/mol. The topological polar surface area (TPSA) is 110 Å². The van der Waals surface area contributed by atoms with Crippen molar-refractivity contribution in [2.75, 3.05) is 26.2 Å². The van der Waals surface area contributed by atoms with E-state index in [1.165, 1.54) is 0 Å². The zero-order valence-corrected chi connectivity index (χ0v) is 8.33. The normalized spacial score (nSPS) is 12.3. The van der Waals surface area contributed by atoms with Crippen LogP contribution in [0.3, 0.4) is 0 Å². The van der Waals surface area contributed by atoms with Gasteiger partial charge >= 0.3 is 10.3 Å². The highest BCUT2D eigenvalue weighted by atomic mass is 32.2. The van der Waals surface area contributed by atoms with Gasteiger partial charge in [-0.1, -0.05) is 0 Å². The van der Waals surface area contributed by atoms with E-state index >= 15 is 0 Å². The summed E-state index contributed by atoms with van der Waals surface area (Å²) < 4.78 is 31.2. The van der Waals surface area contributed by atoms with E-state index in [2.05, 4.69) is 0 Å². The Morgan fingerprint density at radius 1 is 1.08 bits per heavy atom. The Balaban J connectivity index is 4.04. The van der Waals surface area contributed by atoms with Gasteiger partial charge in [0.05, 0.1) is 0 Å². The van der Waals surface area contributed by atoms with Gasteiger partial charge in [0.2, 0.25) is 0 Å². The zero-order chi connectivity index (χ0) is 10.3. The molecule has 0 atom stereocenters. The number of nitrogens with two attached hydrogens (primary N) is 2. The maximum Gasteiger partial charge on any atom is 0.335 e. The van der Waals surface area contributed by atoms with Crippen LogP contribution in [0.2, 0.25) is 0 Å². The summed E-state index contributed by atoms with van der Waals surface area (Å²) >= 11 is 0. The molecular formula is C6H17N3O3S. The predicted octanol–water partition coefficient (Wildman–Crippen LogP) is -1.21. The van der Waals surface area contributed by atoms with Crippen LogP contribution in [-0.4, -0.2) is 43.5 Å². The third-order valence-electron chi connectivity index (χ3n) is 1.55. The molecule has 0 bridgehead atoms. The van der Waals surface area contributed by atoms with Crippen molar-refractivity contribution in [3.63, 3.8) is 0 Å². The SMILES string of the molecule is NCCCN(CCCN)S(=O)(=O)O. The Morgan fingerprint density at radius 3 is 1.69 bits per heavy atom. The maximum atomic E-state index is 10.7. The van der Waals surface area contributed by atoms with Crippen LogP contribution in [0.25, 0.3) is 0 Å². The lowest BCUT2D eigenvalue weighted by atomic mass is 10.4. The first-order valence-electron chi connectivity index (χ1n) is 4.15. The lowest BCUT2D eigenvalue weighted by Crippen LogP contribution is -2.34. The quantitative estimate of drug-likeness (QED) is 0.458. The van der Waals surface area contributed by atoms with Gasteiger partial charge in [0.1, 0.15) is 0 Å².